The molecule has 0 bridgehead atoms. The summed E-state index contributed by atoms with van der Waals surface area (Å²) in [6, 6.07) is 3.43. The van der Waals surface area contributed by atoms with Crippen LogP contribution in [-0.2, 0) is 29.3 Å². The quantitative estimate of drug-likeness (QED) is 0.341. The second kappa shape index (κ2) is 8.16. The summed E-state index contributed by atoms with van der Waals surface area (Å²) >= 11 is 0. The van der Waals surface area contributed by atoms with Crippen LogP contribution < -0.4 is 5.73 Å². The number of nitrogens with two attached hydrogens (primary N) is 1. The third-order valence-corrected chi connectivity index (χ3v) is 5.40. The van der Waals surface area contributed by atoms with Crippen molar-refractivity contribution in [3.05, 3.63) is 24.2 Å². The van der Waals surface area contributed by atoms with Gasteiger partial charge in [0.05, 0.1) is 12.8 Å². The van der Waals surface area contributed by atoms with E-state index in [1.807, 2.05) is 6.07 Å². The zero-order chi connectivity index (χ0) is 23.9. The molecule has 2 saturated heterocycles. The molecule has 15 heteroatoms. The normalized spacial score (nSPS) is 29.0. The number of nitriles is 1. The van der Waals surface area contributed by atoms with Crippen LogP contribution in [0.25, 0.3) is 5.52 Å². The maximum Gasteiger partial charge on any atom is 0.420 e. The molecule has 4 rings (SSSR count). The maximum absolute atomic E-state index is 12.4. The number of rotatable bonds is 4. The molecular weight excluding hydrogens is 444 g/mol. The number of imide groups is 1. The average molecular weight is 462 g/mol. The van der Waals surface area contributed by atoms with E-state index in [1.54, 1.807) is 0 Å². The van der Waals surface area contributed by atoms with E-state index >= 15 is 0 Å². The summed E-state index contributed by atoms with van der Waals surface area (Å²) in [5.74, 6) is -0.782. The first-order valence-corrected chi connectivity index (χ1v) is 9.49. The number of aliphatic hydroxyl groups is 2. The second-order valence-corrected chi connectivity index (χ2v) is 7.16. The molecule has 0 aliphatic carbocycles. The van der Waals surface area contributed by atoms with Crippen molar-refractivity contribution in [2.24, 2.45) is 0 Å². The number of anilines is 1. The van der Waals surface area contributed by atoms with E-state index in [4.69, 9.17) is 15.2 Å². The minimum atomic E-state index is -2.09. The van der Waals surface area contributed by atoms with Gasteiger partial charge >= 0.3 is 18.2 Å². The van der Waals surface area contributed by atoms with Crippen molar-refractivity contribution in [1.29, 1.82) is 5.26 Å². The first-order valence-electron chi connectivity index (χ1n) is 9.49. The SMILES string of the molecule is COC(=O)[C@H]1COC(=O)N1C(=O)OC[C@H]1O[C@@](C#N)(c2ccc3c(N)ncnn23)[C@H](O)[C@@H]1O. The Morgan fingerprint density at radius 1 is 1.42 bits per heavy atom. The fraction of sp³-hybridized carbons (Fsp3) is 0.444. The molecule has 2 aliphatic rings. The van der Waals surface area contributed by atoms with Gasteiger partial charge in [0.15, 0.2) is 11.9 Å². The van der Waals surface area contributed by atoms with Crippen LogP contribution in [0.3, 0.4) is 0 Å². The van der Waals surface area contributed by atoms with Crippen LogP contribution in [-0.4, -0.2) is 92.5 Å². The number of esters is 1. The molecule has 0 saturated carbocycles. The number of ether oxygens (including phenoxy) is 4. The van der Waals surface area contributed by atoms with Crippen molar-refractivity contribution in [2.45, 2.75) is 30.0 Å². The summed E-state index contributed by atoms with van der Waals surface area (Å²) in [5, 5.41) is 35.0. The topological polar surface area (TPSA) is 212 Å². The molecule has 33 heavy (non-hydrogen) atoms. The number of nitrogens with zero attached hydrogens (tertiary/aromatic N) is 5. The van der Waals surface area contributed by atoms with Gasteiger partial charge in [-0.05, 0) is 12.1 Å². The number of aromatic nitrogens is 3. The highest BCUT2D eigenvalue weighted by atomic mass is 16.6. The number of methoxy groups -OCH3 is 1. The van der Waals surface area contributed by atoms with Gasteiger partial charge in [0.1, 0.15) is 49.4 Å². The number of carbonyl (C=O) groups excluding carboxylic acids is 3. The van der Waals surface area contributed by atoms with Crippen molar-refractivity contribution in [3.63, 3.8) is 0 Å². The third kappa shape index (κ3) is 3.36. The Morgan fingerprint density at radius 2 is 2.18 bits per heavy atom. The van der Waals surface area contributed by atoms with Crippen molar-refractivity contribution in [1.82, 2.24) is 19.5 Å². The lowest BCUT2D eigenvalue weighted by Gasteiger charge is -2.24. The van der Waals surface area contributed by atoms with E-state index in [9.17, 15) is 29.9 Å². The molecule has 0 spiro atoms. The van der Waals surface area contributed by atoms with Crippen molar-refractivity contribution < 1.29 is 43.5 Å². The van der Waals surface area contributed by atoms with E-state index in [-0.39, 0.29) is 11.5 Å². The fourth-order valence-electron chi connectivity index (χ4n) is 3.71. The average Bonchev–Trinajstić information content (AvgIpc) is 3.48. The van der Waals surface area contributed by atoms with Gasteiger partial charge in [0, 0.05) is 0 Å². The number of carbonyl (C=O) groups is 3. The van der Waals surface area contributed by atoms with E-state index < -0.39 is 61.3 Å². The standard InChI is InChI=1S/C18H18N6O9/c1-30-15(27)9-4-31-16(28)23(9)17(29)32-5-10-12(25)13(26)18(6-19,33-10)11-3-2-8-14(20)21-7-22-24(8)11/h2-3,7,9-10,12-13,25-26H,4-5H2,1H3,(H2,20,21,22)/t9-,10-,12-,13-,18+/m1/s1. The van der Waals surface area contributed by atoms with E-state index in [2.05, 4.69) is 19.6 Å². The molecule has 4 heterocycles. The maximum atomic E-state index is 12.4. The molecule has 2 amide bonds. The Morgan fingerprint density at radius 3 is 2.88 bits per heavy atom. The summed E-state index contributed by atoms with van der Waals surface area (Å²) < 4.78 is 21.1. The number of aliphatic hydroxyl groups excluding tert-OH is 2. The van der Waals surface area contributed by atoms with Gasteiger partial charge in [-0.3, -0.25) is 0 Å². The predicted octanol–water partition coefficient (Wildman–Crippen LogP) is -1.72. The zero-order valence-corrected chi connectivity index (χ0v) is 17.0. The number of hydrogen-bond acceptors (Lipinski definition) is 13. The molecule has 174 valence electrons. The van der Waals surface area contributed by atoms with E-state index in [0.717, 1.165) is 13.4 Å². The van der Waals surface area contributed by atoms with Gasteiger partial charge in [0.2, 0.25) is 5.60 Å². The second-order valence-electron chi connectivity index (χ2n) is 7.16. The van der Waals surface area contributed by atoms with Gasteiger partial charge in [-0.25, -0.2) is 23.9 Å². The summed E-state index contributed by atoms with van der Waals surface area (Å²) in [6.07, 6.45) is -6.04. The number of fused-ring (bicyclic) bond motifs is 1. The van der Waals surface area contributed by atoms with Crippen LogP contribution >= 0.6 is 0 Å². The molecule has 2 aromatic heterocycles. The lowest BCUT2D eigenvalue weighted by Crippen LogP contribution is -2.45. The van der Waals surface area contributed by atoms with E-state index in [0.29, 0.717) is 10.4 Å². The Balaban J connectivity index is 1.54. The van der Waals surface area contributed by atoms with Crippen molar-refractivity contribution in [3.8, 4) is 6.07 Å². The molecule has 0 unspecified atom stereocenters. The highest BCUT2D eigenvalue weighted by molar-refractivity contribution is 5.95. The molecule has 2 fully saturated rings. The van der Waals surface area contributed by atoms with Crippen LogP contribution in [0.4, 0.5) is 15.4 Å². The van der Waals surface area contributed by atoms with E-state index in [1.165, 1.54) is 16.6 Å². The highest BCUT2D eigenvalue weighted by Gasteiger charge is 2.58. The Hall–Kier alpha value is -4.00. The molecule has 2 aromatic rings. The molecule has 2 aliphatic heterocycles. The summed E-state index contributed by atoms with van der Waals surface area (Å²) in [6.45, 7) is -1.08. The first-order chi connectivity index (χ1) is 15.7. The molecule has 4 N–H and O–H groups in total. The van der Waals surface area contributed by atoms with Crippen molar-refractivity contribution >= 4 is 29.5 Å². The minimum Gasteiger partial charge on any atom is -0.467 e. The highest BCUT2D eigenvalue weighted by Crippen LogP contribution is 2.40. The van der Waals surface area contributed by atoms with Gasteiger partial charge in [-0.1, -0.05) is 0 Å². The summed E-state index contributed by atoms with van der Waals surface area (Å²) in [4.78, 5) is 40.2. The Labute approximate surface area is 184 Å². The Bertz CT molecular complexity index is 1160. The fourth-order valence-corrected chi connectivity index (χ4v) is 3.71. The number of nitrogen functional groups attached to an aromatic ring is 1. The van der Waals surface area contributed by atoms with Crippen LogP contribution in [0.2, 0.25) is 0 Å². The number of hydrogen-bond donors (Lipinski definition) is 3. The number of cyclic esters (lactones) is 1. The Kier molecular flexibility index (Phi) is 5.49. The largest absolute Gasteiger partial charge is 0.467 e. The monoisotopic (exact) mass is 462 g/mol. The van der Waals surface area contributed by atoms with Crippen LogP contribution in [0.15, 0.2) is 18.5 Å². The lowest BCUT2D eigenvalue weighted by atomic mass is 9.92. The molecule has 0 radical (unpaired) electrons. The lowest BCUT2D eigenvalue weighted by molar-refractivity contribution is -0.144. The smallest absolute Gasteiger partial charge is 0.420 e. The molecule has 0 aromatic carbocycles. The van der Waals surface area contributed by atoms with Crippen LogP contribution in [0.1, 0.15) is 5.69 Å². The first kappa shape index (κ1) is 22.2. The minimum absolute atomic E-state index is 0.0587. The van der Waals surface area contributed by atoms with Gasteiger partial charge in [-0.2, -0.15) is 15.3 Å². The summed E-state index contributed by atoms with van der Waals surface area (Å²) in [7, 11) is 1.07. The predicted molar refractivity (Wildman–Crippen MR) is 102 cm³/mol. The van der Waals surface area contributed by atoms with Gasteiger partial charge in [-0.15, -0.1) is 0 Å². The van der Waals surface area contributed by atoms with Crippen LogP contribution in [0, 0.1) is 11.3 Å². The van der Waals surface area contributed by atoms with Gasteiger partial charge in [0.25, 0.3) is 0 Å². The molecule has 15 nitrogen and oxygen atoms in total. The third-order valence-electron chi connectivity index (χ3n) is 5.40. The zero-order valence-electron chi connectivity index (χ0n) is 17.0. The van der Waals surface area contributed by atoms with Crippen molar-refractivity contribution in [2.75, 3.05) is 26.1 Å². The van der Waals surface area contributed by atoms with Gasteiger partial charge < -0.3 is 34.9 Å². The van der Waals surface area contributed by atoms with Crippen LogP contribution in [0.5, 0.6) is 0 Å². The number of amides is 2. The molecular formula is C18H18N6O9. The molecule has 5 atom stereocenters. The summed E-state index contributed by atoms with van der Waals surface area (Å²) in [5.41, 5.74) is 4.10.